The van der Waals surface area contributed by atoms with Crippen LogP contribution in [0.5, 0.6) is 5.75 Å². The Bertz CT molecular complexity index is 1100. The number of thioether (sulfide) groups is 1. The molecule has 0 saturated carbocycles. The number of hydrogen-bond donors (Lipinski definition) is 0. The number of hydrogen-bond acceptors (Lipinski definition) is 5. The van der Waals surface area contributed by atoms with Gasteiger partial charge in [0.2, 0.25) is 5.91 Å². The van der Waals surface area contributed by atoms with Crippen LogP contribution in [0.15, 0.2) is 53.7 Å². The summed E-state index contributed by atoms with van der Waals surface area (Å²) in [4.78, 5) is 14.8. The van der Waals surface area contributed by atoms with Crippen LogP contribution < -0.4 is 9.64 Å². The number of nitrogens with zero attached hydrogens (tertiary/aromatic N) is 4. The number of rotatable bonds is 8. The van der Waals surface area contributed by atoms with E-state index in [2.05, 4.69) is 30.1 Å². The van der Waals surface area contributed by atoms with E-state index in [0.717, 1.165) is 12.1 Å². The molecule has 3 aromatic rings. The Kier molecular flexibility index (Phi) is 6.79. The minimum Gasteiger partial charge on any atom is -0.480 e. The summed E-state index contributed by atoms with van der Waals surface area (Å²) in [6, 6.07) is 14.3. The van der Waals surface area contributed by atoms with E-state index in [1.165, 1.54) is 23.4 Å². The van der Waals surface area contributed by atoms with E-state index in [1.54, 1.807) is 18.2 Å². The van der Waals surface area contributed by atoms with Crippen molar-refractivity contribution in [2.75, 3.05) is 17.2 Å². The quantitative estimate of drug-likeness (QED) is 0.454. The van der Waals surface area contributed by atoms with E-state index in [-0.39, 0.29) is 17.4 Å². The molecule has 0 N–H and O–H groups in total. The number of ether oxygens (including phenoxy) is 1. The summed E-state index contributed by atoms with van der Waals surface area (Å²) in [5.74, 6) is 1.04. The number of halogens is 1. The van der Waals surface area contributed by atoms with Crippen molar-refractivity contribution in [3.05, 3.63) is 65.7 Å². The first-order chi connectivity index (χ1) is 15.4. The smallest absolute Gasteiger partial charge is 0.237 e. The maximum Gasteiger partial charge on any atom is 0.237 e. The number of benzene rings is 2. The standard InChI is InChI=1S/C24H27FN4O2S/c1-16(2)14-29-23(17(3)31-21-11-7-5-9-19(21)25)26-27-24(29)32-15-22(30)28-13-12-18-8-4-6-10-20(18)28/h4-11,16-17H,12-15H2,1-3H3. The molecule has 0 saturated heterocycles. The van der Waals surface area contributed by atoms with Crippen LogP contribution in [0.2, 0.25) is 0 Å². The third kappa shape index (κ3) is 4.80. The summed E-state index contributed by atoms with van der Waals surface area (Å²) < 4.78 is 21.8. The Balaban J connectivity index is 1.49. The van der Waals surface area contributed by atoms with Crippen LogP contribution >= 0.6 is 11.8 Å². The highest BCUT2D eigenvalue weighted by Gasteiger charge is 2.26. The van der Waals surface area contributed by atoms with Gasteiger partial charge >= 0.3 is 0 Å². The van der Waals surface area contributed by atoms with Crippen molar-refractivity contribution in [1.82, 2.24) is 14.8 Å². The van der Waals surface area contributed by atoms with Gasteiger partial charge in [0.25, 0.3) is 0 Å². The van der Waals surface area contributed by atoms with Gasteiger partial charge in [0.05, 0.1) is 5.75 Å². The number of para-hydroxylation sites is 2. The topological polar surface area (TPSA) is 60.2 Å². The van der Waals surface area contributed by atoms with Crippen LogP contribution in [0, 0.1) is 11.7 Å². The fourth-order valence-electron chi connectivity index (χ4n) is 3.83. The number of anilines is 1. The Hall–Kier alpha value is -2.87. The molecule has 0 spiro atoms. The number of amides is 1. The van der Waals surface area contributed by atoms with Crippen molar-refractivity contribution in [3.8, 4) is 5.75 Å². The maximum atomic E-state index is 14.0. The van der Waals surface area contributed by atoms with Crippen LogP contribution in [-0.4, -0.2) is 33.0 Å². The maximum absolute atomic E-state index is 14.0. The van der Waals surface area contributed by atoms with Gasteiger partial charge in [0.15, 0.2) is 28.7 Å². The van der Waals surface area contributed by atoms with Gasteiger partial charge < -0.3 is 14.2 Å². The monoisotopic (exact) mass is 454 g/mol. The molecule has 0 aliphatic carbocycles. The molecule has 2 aromatic carbocycles. The summed E-state index contributed by atoms with van der Waals surface area (Å²) in [5.41, 5.74) is 2.20. The zero-order chi connectivity index (χ0) is 22.7. The van der Waals surface area contributed by atoms with Crippen LogP contribution in [0.25, 0.3) is 0 Å². The molecule has 6 nitrogen and oxygen atoms in total. The average molecular weight is 455 g/mol. The van der Waals surface area contributed by atoms with Crippen molar-refractivity contribution in [3.63, 3.8) is 0 Å². The van der Waals surface area contributed by atoms with Gasteiger partial charge in [-0.3, -0.25) is 4.79 Å². The summed E-state index contributed by atoms with van der Waals surface area (Å²) in [7, 11) is 0. The molecule has 1 unspecified atom stereocenters. The van der Waals surface area contributed by atoms with Crippen LogP contribution in [0.1, 0.15) is 38.3 Å². The molecule has 1 aliphatic rings. The molecular formula is C24H27FN4O2S. The Morgan fingerprint density at radius 3 is 2.66 bits per heavy atom. The summed E-state index contributed by atoms with van der Waals surface area (Å²) in [6.07, 6.45) is 0.388. The predicted octanol–water partition coefficient (Wildman–Crippen LogP) is 4.89. The molecule has 4 rings (SSSR count). The minimum atomic E-state index is -0.492. The van der Waals surface area contributed by atoms with Crippen molar-refractivity contribution in [2.24, 2.45) is 5.92 Å². The third-order valence-electron chi connectivity index (χ3n) is 5.31. The lowest BCUT2D eigenvalue weighted by atomic mass is 10.2. The second-order valence-corrected chi connectivity index (χ2v) is 9.19. The van der Waals surface area contributed by atoms with E-state index < -0.39 is 11.9 Å². The Morgan fingerprint density at radius 1 is 1.12 bits per heavy atom. The van der Waals surface area contributed by atoms with Crippen LogP contribution in [0.3, 0.4) is 0 Å². The van der Waals surface area contributed by atoms with Gasteiger partial charge in [-0.25, -0.2) is 4.39 Å². The highest BCUT2D eigenvalue weighted by atomic mass is 32.2. The molecule has 0 radical (unpaired) electrons. The molecule has 1 aliphatic heterocycles. The van der Waals surface area contributed by atoms with Gasteiger partial charge in [-0.15, -0.1) is 10.2 Å². The van der Waals surface area contributed by atoms with Gasteiger partial charge in [-0.05, 0) is 43.0 Å². The number of carbonyl (C=O) groups is 1. The van der Waals surface area contributed by atoms with Crippen molar-refractivity contribution in [1.29, 1.82) is 0 Å². The van der Waals surface area contributed by atoms with E-state index in [0.29, 0.717) is 30.0 Å². The van der Waals surface area contributed by atoms with Crippen molar-refractivity contribution >= 4 is 23.4 Å². The van der Waals surface area contributed by atoms with Gasteiger partial charge in [-0.2, -0.15) is 0 Å². The molecule has 0 bridgehead atoms. The largest absolute Gasteiger partial charge is 0.480 e. The van der Waals surface area contributed by atoms with E-state index >= 15 is 0 Å². The first-order valence-corrected chi connectivity index (χ1v) is 11.8. The van der Waals surface area contributed by atoms with Crippen LogP contribution in [0.4, 0.5) is 10.1 Å². The lowest BCUT2D eigenvalue weighted by Gasteiger charge is -2.19. The Labute approximate surface area is 191 Å². The lowest BCUT2D eigenvalue weighted by Crippen LogP contribution is -2.30. The van der Waals surface area contributed by atoms with Crippen LogP contribution in [-0.2, 0) is 17.8 Å². The van der Waals surface area contributed by atoms with E-state index in [1.807, 2.05) is 34.6 Å². The minimum absolute atomic E-state index is 0.0521. The number of carbonyl (C=O) groups excluding carboxylic acids is 1. The third-order valence-corrected chi connectivity index (χ3v) is 6.26. The fourth-order valence-corrected chi connectivity index (χ4v) is 4.66. The fraction of sp³-hybridized carbons (Fsp3) is 0.375. The van der Waals surface area contributed by atoms with Gasteiger partial charge in [0, 0.05) is 18.8 Å². The first kappa shape index (κ1) is 22.3. The molecule has 2 heterocycles. The zero-order valence-corrected chi connectivity index (χ0v) is 19.3. The summed E-state index contributed by atoms with van der Waals surface area (Å²) in [6.45, 7) is 7.42. The molecule has 0 fully saturated rings. The number of fused-ring (bicyclic) bond motifs is 1. The second kappa shape index (κ2) is 9.73. The number of aromatic nitrogens is 3. The molecule has 168 valence electrons. The lowest BCUT2D eigenvalue weighted by molar-refractivity contribution is -0.116. The molecule has 1 atom stereocenters. The first-order valence-electron chi connectivity index (χ1n) is 10.8. The van der Waals surface area contributed by atoms with E-state index in [4.69, 9.17) is 4.74 Å². The highest BCUT2D eigenvalue weighted by Crippen LogP contribution is 2.30. The molecule has 32 heavy (non-hydrogen) atoms. The molecule has 1 amide bonds. The summed E-state index contributed by atoms with van der Waals surface area (Å²) >= 11 is 1.37. The SMILES string of the molecule is CC(C)Cn1c(SCC(=O)N2CCc3ccccc32)nnc1C(C)Oc1ccccc1F. The highest BCUT2D eigenvalue weighted by molar-refractivity contribution is 7.99. The Morgan fingerprint density at radius 2 is 1.88 bits per heavy atom. The molecule has 1 aromatic heterocycles. The van der Waals surface area contributed by atoms with E-state index in [9.17, 15) is 9.18 Å². The van der Waals surface area contributed by atoms with Gasteiger partial charge in [0.1, 0.15) is 0 Å². The van der Waals surface area contributed by atoms with Gasteiger partial charge in [-0.1, -0.05) is 55.9 Å². The van der Waals surface area contributed by atoms with Crippen molar-refractivity contribution in [2.45, 2.75) is 45.0 Å². The normalized spacial score (nSPS) is 14.0. The average Bonchev–Trinajstić information content (AvgIpc) is 3.37. The second-order valence-electron chi connectivity index (χ2n) is 8.25. The molecule has 8 heteroatoms. The zero-order valence-electron chi connectivity index (χ0n) is 18.5. The summed E-state index contributed by atoms with van der Waals surface area (Å²) in [5, 5.41) is 9.32. The van der Waals surface area contributed by atoms with Crippen molar-refractivity contribution < 1.29 is 13.9 Å². The molecular weight excluding hydrogens is 427 g/mol. The predicted molar refractivity (Wildman–Crippen MR) is 124 cm³/mol.